The minimum absolute atomic E-state index is 0.457. The smallest absolute Gasteiger partial charge is 0.222 e. The van der Waals surface area contributed by atoms with E-state index in [0.717, 1.165) is 32.7 Å². The standard InChI is InChI=1S/C17H23N5/c1-21-12-13-22(11-10-20-17-18-8-5-9-19-17)16(14-21)15-6-3-2-4-7-15/h2-9,16H,10-14H2,1H3,(H,18,19,20). The molecule has 1 aliphatic rings. The number of rotatable bonds is 5. The van der Waals surface area contributed by atoms with Crippen LogP contribution >= 0.6 is 0 Å². The molecule has 1 atom stereocenters. The number of anilines is 1. The fourth-order valence-corrected chi connectivity index (χ4v) is 2.92. The van der Waals surface area contributed by atoms with Crippen LogP contribution < -0.4 is 5.32 Å². The van der Waals surface area contributed by atoms with Crippen LogP contribution in [0.1, 0.15) is 11.6 Å². The van der Waals surface area contributed by atoms with E-state index in [1.807, 2.05) is 6.07 Å². The monoisotopic (exact) mass is 297 g/mol. The summed E-state index contributed by atoms with van der Waals surface area (Å²) >= 11 is 0. The third-order valence-corrected chi connectivity index (χ3v) is 4.13. The normalized spacial score (nSPS) is 20.0. The van der Waals surface area contributed by atoms with Gasteiger partial charge in [0.2, 0.25) is 5.95 Å². The van der Waals surface area contributed by atoms with Crippen LogP contribution in [0.25, 0.3) is 0 Å². The molecule has 1 unspecified atom stereocenters. The van der Waals surface area contributed by atoms with Gasteiger partial charge >= 0.3 is 0 Å². The van der Waals surface area contributed by atoms with Gasteiger partial charge in [-0.15, -0.1) is 0 Å². The van der Waals surface area contributed by atoms with E-state index in [2.05, 4.69) is 62.5 Å². The number of hydrogen-bond donors (Lipinski definition) is 1. The van der Waals surface area contributed by atoms with E-state index in [4.69, 9.17) is 0 Å². The molecule has 1 N–H and O–H groups in total. The first-order valence-corrected chi connectivity index (χ1v) is 7.81. The van der Waals surface area contributed by atoms with Crippen molar-refractivity contribution in [2.75, 3.05) is 45.1 Å². The lowest BCUT2D eigenvalue weighted by Crippen LogP contribution is -2.48. The Kier molecular flexibility index (Phi) is 4.98. The van der Waals surface area contributed by atoms with Gasteiger partial charge < -0.3 is 10.2 Å². The number of nitrogens with zero attached hydrogens (tertiary/aromatic N) is 4. The Morgan fingerprint density at radius 2 is 1.86 bits per heavy atom. The predicted octanol–water partition coefficient (Wildman–Crippen LogP) is 1.88. The van der Waals surface area contributed by atoms with E-state index in [1.165, 1.54) is 5.56 Å². The van der Waals surface area contributed by atoms with Gasteiger partial charge in [-0.05, 0) is 18.7 Å². The predicted molar refractivity (Wildman–Crippen MR) is 88.8 cm³/mol. The SMILES string of the molecule is CN1CCN(CCNc2ncccn2)C(c2ccccc2)C1. The maximum Gasteiger partial charge on any atom is 0.222 e. The van der Waals surface area contributed by atoms with Crippen molar-refractivity contribution in [3.8, 4) is 0 Å². The second kappa shape index (κ2) is 7.33. The Morgan fingerprint density at radius 3 is 2.64 bits per heavy atom. The lowest BCUT2D eigenvalue weighted by molar-refractivity contribution is 0.0937. The summed E-state index contributed by atoms with van der Waals surface area (Å²) < 4.78 is 0. The van der Waals surface area contributed by atoms with Gasteiger partial charge in [0.15, 0.2) is 0 Å². The minimum atomic E-state index is 0.457. The average molecular weight is 297 g/mol. The second-order valence-corrected chi connectivity index (χ2v) is 5.72. The average Bonchev–Trinajstić information content (AvgIpc) is 2.58. The van der Waals surface area contributed by atoms with Gasteiger partial charge in [-0.2, -0.15) is 0 Å². The summed E-state index contributed by atoms with van der Waals surface area (Å²) in [6, 6.07) is 13.1. The van der Waals surface area contributed by atoms with Gasteiger partial charge in [-0.3, -0.25) is 4.90 Å². The van der Waals surface area contributed by atoms with Crippen molar-refractivity contribution in [3.63, 3.8) is 0 Å². The summed E-state index contributed by atoms with van der Waals surface area (Å²) in [6.07, 6.45) is 3.52. The van der Waals surface area contributed by atoms with Crippen LogP contribution in [-0.2, 0) is 0 Å². The fourth-order valence-electron chi connectivity index (χ4n) is 2.92. The fraction of sp³-hybridized carbons (Fsp3) is 0.412. The molecule has 1 aromatic carbocycles. The molecule has 0 amide bonds. The quantitative estimate of drug-likeness (QED) is 0.913. The molecule has 1 saturated heterocycles. The zero-order chi connectivity index (χ0) is 15.2. The van der Waals surface area contributed by atoms with Crippen LogP contribution in [0.4, 0.5) is 5.95 Å². The number of likely N-dealkylation sites (N-methyl/N-ethyl adjacent to an activating group) is 1. The molecule has 0 bridgehead atoms. The molecule has 22 heavy (non-hydrogen) atoms. The molecule has 1 aromatic heterocycles. The van der Waals surface area contributed by atoms with Crippen molar-refractivity contribution in [1.29, 1.82) is 0 Å². The van der Waals surface area contributed by atoms with Crippen LogP contribution in [0.15, 0.2) is 48.8 Å². The first-order valence-electron chi connectivity index (χ1n) is 7.81. The molecule has 3 rings (SSSR count). The number of benzene rings is 1. The molecule has 116 valence electrons. The molecule has 5 heteroatoms. The van der Waals surface area contributed by atoms with Crippen molar-refractivity contribution in [2.24, 2.45) is 0 Å². The summed E-state index contributed by atoms with van der Waals surface area (Å²) in [6.45, 7) is 5.13. The van der Waals surface area contributed by atoms with Gasteiger partial charge in [0.1, 0.15) is 0 Å². The van der Waals surface area contributed by atoms with Crippen molar-refractivity contribution >= 4 is 5.95 Å². The lowest BCUT2D eigenvalue weighted by atomic mass is 10.0. The van der Waals surface area contributed by atoms with Gasteiger partial charge in [-0.1, -0.05) is 30.3 Å². The summed E-state index contributed by atoms with van der Waals surface area (Å²) in [5.74, 6) is 0.702. The van der Waals surface area contributed by atoms with Gasteiger partial charge in [0.25, 0.3) is 0 Å². The molecule has 5 nitrogen and oxygen atoms in total. The van der Waals surface area contributed by atoms with Gasteiger partial charge in [0, 0.05) is 51.2 Å². The molecule has 0 spiro atoms. The van der Waals surface area contributed by atoms with Gasteiger partial charge in [0.05, 0.1) is 0 Å². The molecule has 0 saturated carbocycles. The van der Waals surface area contributed by atoms with E-state index < -0.39 is 0 Å². The van der Waals surface area contributed by atoms with Crippen molar-refractivity contribution in [2.45, 2.75) is 6.04 Å². The third kappa shape index (κ3) is 3.81. The highest BCUT2D eigenvalue weighted by Crippen LogP contribution is 2.24. The van der Waals surface area contributed by atoms with Crippen molar-refractivity contribution < 1.29 is 0 Å². The van der Waals surface area contributed by atoms with E-state index >= 15 is 0 Å². The first kappa shape index (κ1) is 14.9. The third-order valence-electron chi connectivity index (χ3n) is 4.13. The maximum atomic E-state index is 4.20. The molecule has 2 aromatic rings. The van der Waals surface area contributed by atoms with Crippen LogP contribution in [0, 0.1) is 0 Å². The van der Waals surface area contributed by atoms with Crippen molar-refractivity contribution in [1.82, 2.24) is 19.8 Å². The second-order valence-electron chi connectivity index (χ2n) is 5.72. The van der Waals surface area contributed by atoms with Crippen LogP contribution in [0.2, 0.25) is 0 Å². The highest BCUT2D eigenvalue weighted by molar-refractivity contribution is 5.23. The highest BCUT2D eigenvalue weighted by Gasteiger charge is 2.25. The number of nitrogens with one attached hydrogen (secondary N) is 1. The van der Waals surface area contributed by atoms with E-state index in [9.17, 15) is 0 Å². The van der Waals surface area contributed by atoms with Crippen LogP contribution in [-0.4, -0.2) is 59.5 Å². The number of piperazine rings is 1. The zero-order valence-electron chi connectivity index (χ0n) is 13.0. The van der Waals surface area contributed by atoms with Gasteiger partial charge in [-0.25, -0.2) is 9.97 Å². The Hall–Kier alpha value is -1.98. The summed E-state index contributed by atoms with van der Waals surface area (Å²) in [5.41, 5.74) is 1.39. The first-order chi connectivity index (χ1) is 10.8. The largest absolute Gasteiger partial charge is 0.353 e. The maximum absolute atomic E-state index is 4.20. The lowest BCUT2D eigenvalue weighted by Gasteiger charge is -2.40. The van der Waals surface area contributed by atoms with E-state index in [0.29, 0.717) is 12.0 Å². The molecular weight excluding hydrogens is 274 g/mol. The Labute approximate surface area is 132 Å². The minimum Gasteiger partial charge on any atom is -0.353 e. The van der Waals surface area contributed by atoms with E-state index in [-0.39, 0.29) is 0 Å². The summed E-state index contributed by atoms with van der Waals surface area (Å²) in [4.78, 5) is 13.4. The summed E-state index contributed by atoms with van der Waals surface area (Å²) in [5, 5.41) is 3.30. The number of hydrogen-bond acceptors (Lipinski definition) is 5. The Balaban J connectivity index is 1.60. The molecule has 2 heterocycles. The molecule has 1 aliphatic heterocycles. The Bertz CT molecular complexity index is 560. The summed E-state index contributed by atoms with van der Waals surface area (Å²) in [7, 11) is 2.20. The van der Waals surface area contributed by atoms with Crippen LogP contribution in [0.3, 0.4) is 0 Å². The molecule has 1 fully saturated rings. The topological polar surface area (TPSA) is 44.3 Å². The molecular formula is C17H23N5. The molecule has 0 aliphatic carbocycles. The molecule has 0 radical (unpaired) electrons. The van der Waals surface area contributed by atoms with Crippen molar-refractivity contribution in [3.05, 3.63) is 54.4 Å². The van der Waals surface area contributed by atoms with Crippen LogP contribution in [0.5, 0.6) is 0 Å². The Morgan fingerprint density at radius 1 is 1.09 bits per heavy atom. The van der Waals surface area contributed by atoms with E-state index in [1.54, 1.807) is 12.4 Å². The number of aromatic nitrogens is 2. The zero-order valence-corrected chi connectivity index (χ0v) is 13.0. The highest BCUT2D eigenvalue weighted by atomic mass is 15.3.